The third-order valence-electron chi connectivity index (χ3n) is 5.27. The number of hydrogen-bond donors (Lipinski definition) is 0. The Kier molecular flexibility index (Phi) is 3.84. The summed E-state index contributed by atoms with van der Waals surface area (Å²) in [6.45, 7) is 0.537. The van der Waals surface area contributed by atoms with Crippen molar-refractivity contribution in [2.75, 3.05) is 0 Å². The zero-order chi connectivity index (χ0) is 20.2. The lowest BCUT2D eigenvalue weighted by molar-refractivity contribution is -0.137. The molecule has 0 fully saturated rings. The molecule has 0 atom stereocenters. The number of imidazole rings is 1. The van der Waals surface area contributed by atoms with E-state index in [0.29, 0.717) is 35.5 Å². The molecule has 1 aliphatic heterocycles. The van der Waals surface area contributed by atoms with Gasteiger partial charge in [-0.05, 0) is 41.5 Å². The van der Waals surface area contributed by atoms with Crippen LogP contribution >= 0.6 is 0 Å². The van der Waals surface area contributed by atoms with Crippen LogP contribution in [0.15, 0.2) is 66.7 Å². The van der Waals surface area contributed by atoms with Crippen molar-refractivity contribution in [3.05, 3.63) is 77.9 Å². The molecule has 0 bridgehead atoms. The number of alkyl halides is 3. The lowest BCUT2D eigenvalue weighted by Gasteiger charge is -2.16. The van der Waals surface area contributed by atoms with Gasteiger partial charge in [0, 0.05) is 24.1 Å². The highest BCUT2D eigenvalue weighted by Crippen LogP contribution is 2.35. The summed E-state index contributed by atoms with van der Waals surface area (Å²) in [7, 11) is 0. The van der Waals surface area contributed by atoms with Crippen LogP contribution in [0.5, 0.6) is 0 Å². The Balaban J connectivity index is 1.65. The summed E-state index contributed by atoms with van der Waals surface area (Å²) in [4.78, 5) is 16.9. The normalized spacial score (nSPS) is 13.8. The minimum Gasteiger partial charge on any atom is -0.323 e. The lowest BCUT2D eigenvalue weighted by Crippen LogP contribution is -2.14. The summed E-state index contributed by atoms with van der Waals surface area (Å²) in [6.07, 6.45) is -3.98. The van der Waals surface area contributed by atoms with E-state index in [1.807, 2.05) is 41.0 Å². The van der Waals surface area contributed by atoms with Crippen LogP contribution in [0.1, 0.15) is 22.3 Å². The summed E-state index contributed by atoms with van der Waals surface area (Å²) in [5.74, 6) is 0.820. The number of benzene rings is 3. The Morgan fingerprint density at radius 3 is 2.34 bits per heavy atom. The predicted octanol–water partition coefficient (Wildman–Crippen LogP) is 5.98. The van der Waals surface area contributed by atoms with E-state index in [1.165, 1.54) is 6.07 Å². The largest absolute Gasteiger partial charge is 0.416 e. The molecule has 4 aromatic rings. The van der Waals surface area contributed by atoms with E-state index in [9.17, 15) is 18.0 Å². The van der Waals surface area contributed by atoms with Gasteiger partial charge >= 0.3 is 6.18 Å². The Morgan fingerprint density at radius 2 is 1.55 bits per heavy atom. The van der Waals surface area contributed by atoms with Gasteiger partial charge in [0.05, 0.1) is 16.6 Å². The SMILES string of the molecule is O=C1CCn2c(-c3cccc(-c4cccc(C(F)(F)F)c4)c3)nc3cccc1c32. The van der Waals surface area contributed by atoms with Crippen molar-refractivity contribution in [2.45, 2.75) is 19.1 Å². The Morgan fingerprint density at radius 1 is 0.862 bits per heavy atom. The van der Waals surface area contributed by atoms with E-state index in [-0.39, 0.29) is 5.78 Å². The molecule has 144 valence electrons. The lowest BCUT2D eigenvalue weighted by atomic mass is 10.0. The quantitative estimate of drug-likeness (QED) is 0.421. The fourth-order valence-electron chi connectivity index (χ4n) is 3.91. The topological polar surface area (TPSA) is 34.9 Å². The third kappa shape index (κ3) is 2.92. The first kappa shape index (κ1) is 17.7. The molecule has 29 heavy (non-hydrogen) atoms. The Hall–Kier alpha value is -3.41. The Labute approximate surface area is 164 Å². The molecule has 2 heterocycles. The number of carbonyl (C=O) groups excluding carboxylic acids is 1. The molecule has 0 unspecified atom stereocenters. The van der Waals surface area contributed by atoms with Gasteiger partial charge in [0.15, 0.2) is 5.78 Å². The van der Waals surface area contributed by atoms with Gasteiger partial charge in [0.1, 0.15) is 5.82 Å². The van der Waals surface area contributed by atoms with E-state index >= 15 is 0 Å². The first-order valence-corrected chi connectivity index (χ1v) is 9.22. The van der Waals surface area contributed by atoms with Crippen molar-refractivity contribution in [3.8, 4) is 22.5 Å². The zero-order valence-electron chi connectivity index (χ0n) is 15.2. The number of aryl methyl sites for hydroxylation is 1. The van der Waals surface area contributed by atoms with E-state index in [2.05, 4.69) is 0 Å². The van der Waals surface area contributed by atoms with Crippen LogP contribution in [0.3, 0.4) is 0 Å². The molecule has 5 rings (SSSR count). The molecule has 0 N–H and O–H groups in total. The first-order chi connectivity index (χ1) is 13.9. The minimum absolute atomic E-state index is 0.104. The maximum absolute atomic E-state index is 13.1. The van der Waals surface area contributed by atoms with Gasteiger partial charge in [-0.3, -0.25) is 4.79 Å². The van der Waals surface area contributed by atoms with E-state index in [0.717, 1.165) is 28.7 Å². The van der Waals surface area contributed by atoms with Crippen molar-refractivity contribution in [3.63, 3.8) is 0 Å². The first-order valence-electron chi connectivity index (χ1n) is 9.22. The van der Waals surface area contributed by atoms with Gasteiger partial charge in [0.2, 0.25) is 0 Å². The average molecular weight is 392 g/mol. The molecule has 6 heteroatoms. The molecule has 3 nitrogen and oxygen atoms in total. The average Bonchev–Trinajstić information content (AvgIpc) is 3.10. The fraction of sp³-hybridized carbons (Fsp3) is 0.130. The number of ketones is 1. The van der Waals surface area contributed by atoms with Gasteiger partial charge in [-0.15, -0.1) is 0 Å². The molecule has 0 radical (unpaired) electrons. The molecular formula is C23H15F3N2O. The van der Waals surface area contributed by atoms with E-state index in [4.69, 9.17) is 4.98 Å². The van der Waals surface area contributed by atoms with Gasteiger partial charge in [-0.2, -0.15) is 13.2 Å². The molecule has 0 saturated carbocycles. The van der Waals surface area contributed by atoms with Crippen molar-refractivity contribution in [1.29, 1.82) is 0 Å². The molecule has 0 aliphatic carbocycles. The highest BCUT2D eigenvalue weighted by molar-refractivity contribution is 6.08. The molecule has 1 aliphatic rings. The summed E-state index contributed by atoms with van der Waals surface area (Å²) in [5, 5.41) is 0. The van der Waals surface area contributed by atoms with Crippen LogP contribution in [-0.4, -0.2) is 15.3 Å². The Bertz CT molecular complexity index is 1270. The van der Waals surface area contributed by atoms with Crippen LogP contribution in [-0.2, 0) is 12.7 Å². The second kappa shape index (κ2) is 6.30. The summed E-state index contributed by atoms with van der Waals surface area (Å²) >= 11 is 0. The number of nitrogens with zero attached hydrogens (tertiary/aromatic N) is 2. The number of rotatable bonds is 2. The van der Waals surface area contributed by atoms with Crippen LogP contribution < -0.4 is 0 Å². The van der Waals surface area contributed by atoms with E-state index in [1.54, 1.807) is 12.1 Å². The van der Waals surface area contributed by atoms with Crippen molar-refractivity contribution in [2.24, 2.45) is 0 Å². The standard InChI is InChI=1S/C23H15F3N2O/c24-23(25,26)17-7-2-5-15(13-17)14-4-1-6-16(12-14)22-27-19-9-3-8-18-20(29)10-11-28(22)21(18)19/h1-9,12-13H,10-11H2. The molecular weight excluding hydrogens is 377 g/mol. The summed E-state index contributed by atoms with van der Waals surface area (Å²) in [5.41, 5.74) is 3.54. The van der Waals surface area contributed by atoms with Gasteiger partial charge in [0.25, 0.3) is 0 Å². The highest BCUT2D eigenvalue weighted by atomic mass is 19.4. The monoisotopic (exact) mass is 392 g/mol. The third-order valence-corrected chi connectivity index (χ3v) is 5.27. The second-order valence-electron chi connectivity index (χ2n) is 7.09. The van der Waals surface area contributed by atoms with E-state index < -0.39 is 11.7 Å². The zero-order valence-corrected chi connectivity index (χ0v) is 15.2. The van der Waals surface area contributed by atoms with Crippen LogP contribution in [0, 0.1) is 0 Å². The molecule has 0 saturated heterocycles. The predicted molar refractivity (Wildman–Crippen MR) is 105 cm³/mol. The number of carbonyl (C=O) groups is 1. The maximum atomic E-state index is 13.1. The summed E-state index contributed by atoms with van der Waals surface area (Å²) in [6, 6.07) is 18.1. The van der Waals surface area contributed by atoms with Gasteiger partial charge in [-0.25, -0.2) is 4.98 Å². The van der Waals surface area contributed by atoms with Gasteiger partial charge < -0.3 is 4.57 Å². The molecule has 1 aromatic heterocycles. The number of halogens is 3. The number of Topliss-reactive ketones (excluding diaryl/α,β-unsaturated/α-hetero) is 1. The molecule has 0 amide bonds. The number of hydrogen-bond acceptors (Lipinski definition) is 2. The second-order valence-corrected chi connectivity index (χ2v) is 7.09. The maximum Gasteiger partial charge on any atom is 0.416 e. The van der Waals surface area contributed by atoms with Gasteiger partial charge in [-0.1, -0.05) is 36.4 Å². The van der Waals surface area contributed by atoms with Crippen molar-refractivity contribution >= 4 is 16.8 Å². The fourth-order valence-corrected chi connectivity index (χ4v) is 3.91. The highest BCUT2D eigenvalue weighted by Gasteiger charge is 2.30. The van der Waals surface area contributed by atoms with Crippen molar-refractivity contribution < 1.29 is 18.0 Å². The van der Waals surface area contributed by atoms with Crippen LogP contribution in [0.25, 0.3) is 33.5 Å². The molecule has 0 spiro atoms. The summed E-state index contributed by atoms with van der Waals surface area (Å²) < 4.78 is 41.3. The molecule has 3 aromatic carbocycles. The number of aromatic nitrogens is 2. The van der Waals surface area contributed by atoms with Crippen molar-refractivity contribution in [1.82, 2.24) is 9.55 Å². The van der Waals surface area contributed by atoms with Crippen LogP contribution in [0.4, 0.5) is 13.2 Å². The smallest absolute Gasteiger partial charge is 0.323 e. The number of para-hydroxylation sites is 1. The minimum atomic E-state index is -4.39. The van der Waals surface area contributed by atoms with Crippen LogP contribution in [0.2, 0.25) is 0 Å².